The van der Waals surface area contributed by atoms with E-state index in [1.165, 1.54) is 0 Å². The third-order valence-corrected chi connectivity index (χ3v) is 2.33. The summed E-state index contributed by atoms with van der Waals surface area (Å²) in [5.41, 5.74) is 2.95. The van der Waals surface area contributed by atoms with E-state index in [4.69, 9.17) is 10.5 Å². The molecule has 0 atom stereocenters. The number of nitrogens with one attached hydrogen (secondary N) is 1. The molecule has 0 aliphatic carbocycles. The van der Waals surface area contributed by atoms with E-state index in [9.17, 15) is 28.1 Å². The first-order chi connectivity index (χ1) is 9.71. The highest BCUT2D eigenvalue weighted by atomic mass is 19.4. The Labute approximate surface area is 117 Å². The lowest BCUT2D eigenvalue weighted by atomic mass is 10.1. The van der Waals surface area contributed by atoms with Crippen LogP contribution in [0.5, 0.6) is 0 Å². The molecule has 21 heavy (non-hydrogen) atoms. The van der Waals surface area contributed by atoms with Crippen molar-refractivity contribution >= 4 is 17.3 Å². The molecule has 116 valence electrons. The molecule has 0 aliphatic rings. The molecule has 0 radical (unpaired) electrons. The monoisotopic (exact) mass is 307 g/mol. The molecular formula is C11H12F3N3O4. The van der Waals surface area contributed by atoms with Crippen LogP contribution in [0, 0.1) is 10.1 Å². The Kier molecular flexibility index (Phi) is 5.47. The van der Waals surface area contributed by atoms with Crippen LogP contribution in [0.1, 0.15) is 5.56 Å². The fraction of sp³-hybridized carbons (Fsp3) is 0.364. The van der Waals surface area contributed by atoms with Crippen molar-refractivity contribution in [3.8, 4) is 0 Å². The molecule has 0 unspecified atom stereocenters. The lowest BCUT2D eigenvalue weighted by Crippen LogP contribution is -2.20. The maximum Gasteiger partial charge on any atom is 0.416 e. The van der Waals surface area contributed by atoms with Crippen molar-refractivity contribution in [1.82, 2.24) is 0 Å². The molecule has 10 heteroatoms. The van der Waals surface area contributed by atoms with Gasteiger partial charge >= 0.3 is 6.18 Å². The van der Waals surface area contributed by atoms with E-state index in [2.05, 4.69) is 5.32 Å². The van der Waals surface area contributed by atoms with Gasteiger partial charge in [0.05, 0.1) is 17.1 Å². The molecule has 1 aromatic rings. The molecule has 1 amide bonds. The van der Waals surface area contributed by atoms with Gasteiger partial charge in [-0.05, 0) is 12.1 Å². The lowest BCUT2D eigenvalue weighted by Gasteiger charge is -2.10. The Hall–Kier alpha value is -2.36. The number of nitrogens with two attached hydrogens (primary N) is 1. The van der Waals surface area contributed by atoms with Crippen LogP contribution in [0.2, 0.25) is 0 Å². The van der Waals surface area contributed by atoms with Gasteiger partial charge in [-0.3, -0.25) is 14.9 Å². The minimum absolute atomic E-state index is 0.0150. The smallest absolute Gasteiger partial charge is 0.377 e. The van der Waals surface area contributed by atoms with Crippen LogP contribution in [-0.2, 0) is 15.7 Å². The topological polar surface area (TPSA) is 107 Å². The Bertz CT molecular complexity index is 534. The Morgan fingerprint density at radius 1 is 1.43 bits per heavy atom. The van der Waals surface area contributed by atoms with E-state index in [1.54, 1.807) is 0 Å². The number of amides is 1. The summed E-state index contributed by atoms with van der Waals surface area (Å²) < 4.78 is 42.3. The molecule has 0 aliphatic heterocycles. The quantitative estimate of drug-likeness (QED) is 0.451. The molecule has 1 aromatic carbocycles. The Morgan fingerprint density at radius 2 is 2.10 bits per heavy atom. The lowest BCUT2D eigenvalue weighted by molar-refractivity contribution is -0.384. The minimum atomic E-state index is -4.66. The first-order valence-corrected chi connectivity index (χ1v) is 5.67. The van der Waals surface area contributed by atoms with E-state index in [-0.39, 0.29) is 25.4 Å². The molecule has 0 fully saturated rings. The second-order valence-electron chi connectivity index (χ2n) is 3.93. The van der Waals surface area contributed by atoms with Crippen molar-refractivity contribution in [2.24, 2.45) is 5.73 Å². The average molecular weight is 307 g/mol. The van der Waals surface area contributed by atoms with Crippen molar-refractivity contribution in [3.05, 3.63) is 33.9 Å². The summed E-state index contributed by atoms with van der Waals surface area (Å²) in [7, 11) is 0. The third-order valence-electron chi connectivity index (χ3n) is 2.33. The van der Waals surface area contributed by atoms with Crippen molar-refractivity contribution in [3.63, 3.8) is 0 Å². The van der Waals surface area contributed by atoms with Crippen molar-refractivity contribution < 1.29 is 27.6 Å². The molecule has 3 N–H and O–H groups in total. The van der Waals surface area contributed by atoms with Crippen LogP contribution >= 0.6 is 0 Å². The molecule has 1 rings (SSSR count). The molecule has 0 bridgehead atoms. The molecule has 7 nitrogen and oxygen atoms in total. The number of halogens is 3. The first kappa shape index (κ1) is 16.7. The summed E-state index contributed by atoms with van der Waals surface area (Å²) in [6, 6.07) is 2.15. The zero-order valence-electron chi connectivity index (χ0n) is 10.6. The number of nitro groups is 1. The summed E-state index contributed by atoms with van der Waals surface area (Å²) in [6.07, 6.45) is -4.66. The number of benzene rings is 1. The van der Waals surface area contributed by atoms with Crippen molar-refractivity contribution in [2.75, 3.05) is 25.1 Å². The fourth-order valence-corrected chi connectivity index (χ4v) is 1.44. The zero-order valence-corrected chi connectivity index (χ0v) is 10.6. The maximum absolute atomic E-state index is 12.5. The van der Waals surface area contributed by atoms with Gasteiger partial charge in [0.2, 0.25) is 5.91 Å². The zero-order chi connectivity index (χ0) is 16.0. The van der Waals surface area contributed by atoms with E-state index in [1.807, 2.05) is 0 Å². The number of nitrogens with zero attached hydrogens (tertiary/aromatic N) is 1. The van der Waals surface area contributed by atoms with Crippen LogP contribution < -0.4 is 11.1 Å². The van der Waals surface area contributed by atoms with Gasteiger partial charge in [0, 0.05) is 12.6 Å². The fourth-order valence-electron chi connectivity index (χ4n) is 1.44. The summed E-state index contributed by atoms with van der Waals surface area (Å²) >= 11 is 0. The highest BCUT2D eigenvalue weighted by Crippen LogP contribution is 2.34. The van der Waals surface area contributed by atoms with Crippen LogP contribution in [0.3, 0.4) is 0 Å². The van der Waals surface area contributed by atoms with Gasteiger partial charge in [-0.1, -0.05) is 0 Å². The largest absolute Gasteiger partial charge is 0.416 e. The predicted octanol–water partition coefficient (Wildman–Crippen LogP) is 1.53. The Balaban J connectivity index is 2.74. The number of hydrogen-bond donors (Lipinski definition) is 2. The second kappa shape index (κ2) is 6.88. The van der Waals surface area contributed by atoms with E-state index < -0.39 is 28.3 Å². The number of carbonyl (C=O) groups is 1. The molecule has 0 aromatic heterocycles. The number of hydrogen-bond acceptors (Lipinski definition) is 5. The van der Waals surface area contributed by atoms with Crippen LogP contribution in [-0.4, -0.2) is 30.6 Å². The number of primary amides is 1. The van der Waals surface area contributed by atoms with Crippen LogP contribution in [0.15, 0.2) is 18.2 Å². The summed E-state index contributed by atoms with van der Waals surface area (Å²) in [5.74, 6) is -0.671. The van der Waals surface area contributed by atoms with Gasteiger partial charge < -0.3 is 15.8 Å². The van der Waals surface area contributed by atoms with Gasteiger partial charge in [-0.25, -0.2) is 0 Å². The molecule has 0 saturated carbocycles. The standard InChI is InChI=1S/C11H12F3N3O4/c12-11(13,14)7-1-2-8(9(5-7)17(19)20)16-3-4-21-6-10(15)18/h1-2,5,16H,3-4,6H2,(H2,15,18). The van der Waals surface area contributed by atoms with Gasteiger partial charge in [-0.15, -0.1) is 0 Å². The average Bonchev–Trinajstić information content (AvgIpc) is 2.36. The molecular weight excluding hydrogens is 295 g/mol. The first-order valence-electron chi connectivity index (χ1n) is 5.67. The summed E-state index contributed by atoms with van der Waals surface area (Å²) in [5, 5.41) is 13.3. The number of carbonyl (C=O) groups excluding carboxylic acids is 1. The predicted molar refractivity (Wildman–Crippen MR) is 66.6 cm³/mol. The number of anilines is 1. The Morgan fingerprint density at radius 3 is 2.62 bits per heavy atom. The van der Waals surface area contributed by atoms with Gasteiger partial charge in [0.1, 0.15) is 12.3 Å². The highest BCUT2D eigenvalue weighted by Gasteiger charge is 2.32. The van der Waals surface area contributed by atoms with Gasteiger partial charge in [0.25, 0.3) is 5.69 Å². The molecule has 0 spiro atoms. The number of nitro benzene ring substituents is 1. The molecule has 0 saturated heterocycles. The summed E-state index contributed by atoms with van der Waals surface area (Å²) in [6.45, 7) is -0.225. The number of alkyl halides is 3. The second-order valence-corrected chi connectivity index (χ2v) is 3.93. The van der Waals surface area contributed by atoms with Gasteiger partial charge in [-0.2, -0.15) is 13.2 Å². The van der Waals surface area contributed by atoms with Crippen LogP contribution in [0.25, 0.3) is 0 Å². The molecule has 0 heterocycles. The highest BCUT2D eigenvalue weighted by molar-refractivity contribution is 5.75. The van der Waals surface area contributed by atoms with E-state index in [0.717, 1.165) is 12.1 Å². The normalized spacial score (nSPS) is 11.2. The van der Waals surface area contributed by atoms with Gasteiger partial charge in [0.15, 0.2) is 0 Å². The maximum atomic E-state index is 12.5. The van der Waals surface area contributed by atoms with Crippen LogP contribution in [0.4, 0.5) is 24.5 Å². The van der Waals surface area contributed by atoms with E-state index >= 15 is 0 Å². The number of ether oxygens (including phenoxy) is 1. The SMILES string of the molecule is NC(=O)COCCNc1ccc(C(F)(F)F)cc1[N+](=O)[O-]. The van der Waals surface area contributed by atoms with Crippen molar-refractivity contribution in [2.45, 2.75) is 6.18 Å². The minimum Gasteiger partial charge on any atom is -0.377 e. The summed E-state index contributed by atoms with van der Waals surface area (Å²) in [4.78, 5) is 20.3. The van der Waals surface area contributed by atoms with Crippen molar-refractivity contribution in [1.29, 1.82) is 0 Å². The number of rotatable bonds is 7. The van der Waals surface area contributed by atoms with E-state index in [0.29, 0.717) is 6.07 Å². The third kappa shape index (κ3) is 5.26.